The van der Waals surface area contributed by atoms with Gasteiger partial charge in [0.15, 0.2) is 11.5 Å². The summed E-state index contributed by atoms with van der Waals surface area (Å²) in [5.41, 5.74) is 0.693. The number of para-hydroxylation sites is 3. The van der Waals surface area contributed by atoms with Crippen LogP contribution in [0.2, 0.25) is 0 Å². The number of amides is 1. The van der Waals surface area contributed by atoms with E-state index in [9.17, 15) is 4.79 Å². The summed E-state index contributed by atoms with van der Waals surface area (Å²) in [6.07, 6.45) is 2.65. The molecule has 3 aliphatic heterocycles. The van der Waals surface area contributed by atoms with Crippen molar-refractivity contribution in [1.29, 1.82) is 0 Å². The molecule has 0 saturated carbocycles. The highest BCUT2D eigenvalue weighted by Crippen LogP contribution is 2.40. The highest BCUT2D eigenvalue weighted by atomic mass is 16.6. The monoisotopic (exact) mass is 435 g/mol. The number of benzene rings is 2. The maximum absolute atomic E-state index is 13.7. The first-order chi connectivity index (χ1) is 15.6. The van der Waals surface area contributed by atoms with Crippen LogP contribution in [0.5, 0.6) is 11.5 Å². The van der Waals surface area contributed by atoms with Gasteiger partial charge in [0, 0.05) is 31.4 Å². The molecule has 3 heterocycles. The number of nitrogens with zero attached hydrogens (tertiary/aromatic N) is 3. The molecule has 3 aliphatic rings. The standard InChI is InChI=1S/C26H33N3O3/c1-3-20(2)28-19-29(21-9-5-4-6-10-21)26(25(28)30)13-15-27(16-14-26)17-22-18-31-23-11-7-8-12-24(23)32-22/h4-12,20,22H,3,13-19H2,1-2H3/t20-,22-/m1/s1. The number of hydrogen-bond donors (Lipinski definition) is 0. The van der Waals surface area contributed by atoms with Gasteiger partial charge in [-0.25, -0.2) is 0 Å². The summed E-state index contributed by atoms with van der Waals surface area (Å²) in [6.45, 7) is 8.13. The van der Waals surface area contributed by atoms with Crippen LogP contribution in [-0.2, 0) is 4.79 Å². The van der Waals surface area contributed by atoms with E-state index >= 15 is 0 Å². The van der Waals surface area contributed by atoms with Crippen molar-refractivity contribution in [3.63, 3.8) is 0 Å². The first-order valence-electron chi connectivity index (χ1n) is 11.9. The summed E-state index contributed by atoms with van der Waals surface area (Å²) in [6, 6.07) is 18.5. The lowest BCUT2D eigenvalue weighted by Gasteiger charge is -2.44. The largest absolute Gasteiger partial charge is 0.486 e. The van der Waals surface area contributed by atoms with Crippen LogP contribution in [0.4, 0.5) is 5.69 Å². The Balaban J connectivity index is 1.29. The fourth-order valence-electron chi connectivity index (χ4n) is 5.26. The number of carbonyl (C=O) groups is 1. The number of anilines is 1. The van der Waals surface area contributed by atoms with Crippen molar-refractivity contribution in [2.45, 2.75) is 50.8 Å². The summed E-state index contributed by atoms with van der Waals surface area (Å²) in [4.78, 5) is 20.6. The molecule has 6 heteroatoms. The molecule has 0 bridgehead atoms. The molecule has 0 radical (unpaired) electrons. The van der Waals surface area contributed by atoms with Crippen LogP contribution < -0.4 is 14.4 Å². The van der Waals surface area contributed by atoms with Crippen LogP contribution in [0.1, 0.15) is 33.1 Å². The maximum atomic E-state index is 13.7. The first-order valence-corrected chi connectivity index (χ1v) is 11.9. The Labute approximate surface area is 190 Å². The molecule has 0 aliphatic carbocycles. The molecular formula is C26H33N3O3. The predicted octanol–water partition coefficient (Wildman–Crippen LogP) is 3.77. The van der Waals surface area contributed by atoms with Gasteiger partial charge in [0.05, 0.1) is 6.67 Å². The molecule has 170 valence electrons. The minimum Gasteiger partial charge on any atom is -0.486 e. The normalized spacial score (nSPS) is 23.6. The van der Waals surface area contributed by atoms with Gasteiger partial charge in [-0.15, -0.1) is 0 Å². The minimum absolute atomic E-state index is 0.0140. The van der Waals surface area contributed by atoms with E-state index in [2.05, 4.69) is 52.8 Å². The molecule has 2 fully saturated rings. The smallest absolute Gasteiger partial charge is 0.250 e. The van der Waals surface area contributed by atoms with Gasteiger partial charge in [-0.2, -0.15) is 0 Å². The molecule has 1 amide bonds. The van der Waals surface area contributed by atoms with Gasteiger partial charge >= 0.3 is 0 Å². The second kappa shape index (κ2) is 8.66. The molecule has 0 unspecified atom stereocenters. The lowest BCUT2D eigenvalue weighted by atomic mass is 9.85. The van der Waals surface area contributed by atoms with E-state index < -0.39 is 5.54 Å². The van der Waals surface area contributed by atoms with Crippen molar-refractivity contribution in [2.24, 2.45) is 0 Å². The number of hydrogen-bond acceptors (Lipinski definition) is 5. The average Bonchev–Trinajstić information content (AvgIpc) is 3.12. The topological polar surface area (TPSA) is 45.2 Å². The van der Waals surface area contributed by atoms with Gasteiger partial charge < -0.3 is 19.3 Å². The van der Waals surface area contributed by atoms with E-state index in [1.54, 1.807) is 0 Å². The second-order valence-corrected chi connectivity index (χ2v) is 9.27. The molecule has 2 aromatic rings. The van der Waals surface area contributed by atoms with Crippen LogP contribution in [0.25, 0.3) is 0 Å². The van der Waals surface area contributed by atoms with E-state index in [1.165, 1.54) is 0 Å². The third kappa shape index (κ3) is 3.71. The maximum Gasteiger partial charge on any atom is 0.250 e. The molecule has 2 aromatic carbocycles. The van der Waals surface area contributed by atoms with E-state index in [0.717, 1.165) is 56.1 Å². The zero-order chi connectivity index (χ0) is 22.1. The Morgan fingerprint density at radius 2 is 1.72 bits per heavy atom. The minimum atomic E-state index is -0.447. The fraction of sp³-hybridized carbons (Fsp3) is 0.500. The lowest BCUT2D eigenvalue weighted by molar-refractivity contribution is -0.135. The van der Waals surface area contributed by atoms with Crippen LogP contribution in [-0.4, -0.2) is 66.3 Å². The van der Waals surface area contributed by atoms with Crippen molar-refractivity contribution in [3.8, 4) is 11.5 Å². The molecule has 0 N–H and O–H groups in total. The Morgan fingerprint density at radius 1 is 1.03 bits per heavy atom. The summed E-state index contributed by atoms with van der Waals surface area (Å²) in [7, 11) is 0. The average molecular weight is 436 g/mol. The van der Waals surface area contributed by atoms with Crippen LogP contribution in [0.3, 0.4) is 0 Å². The molecule has 5 rings (SSSR count). The SMILES string of the molecule is CC[C@@H](C)N1CN(c2ccccc2)C2(CCN(C[C@@H]3COc4ccccc4O3)CC2)C1=O. The third-order valence-corrected chi connectivity index (χ3v) is 7.37. The Hall–Kier alpha value is -2.73. The summed E-state index contributed by atoms with van der Waals surface area (Å²) >= 11 is 0. The van der Waals surface area contributed by atoms with E-state index in [4.69, 9.17) is 9.47 Å². The van der Waals surface area contributed by atoms with Crippen molar-refractivity contribution < 1.29 is 14.3 Å². The van der Waals surface area contributed by atoms with E-state index in [-0.39, 0.29) is 12.1 Å². The predicted molar refractivity (Wildman–Crippen MR) is 125 cm³/mol. The van der Waals surface area contributed by atoms with Gasteiger partial charge in [0.1, 0.15) is 18.2 Å². The summed E-state index contributed by atoms with van der Waals surface area (Å²) in [5, 5.41) is 0. The Morgan fingerprint density at radius 3 is 2.44 bits per heavy atom. The fourth-order valence-corrected chi connectivity index (χ4v) is 5.26. The van der Waals surface area contributed by atoms with Crippen molar-refractivity contribution in [3.05, 3.63) is 54.6 Å². The molecule has 6 nitrogen and oxygen atoms in total. The molecule has 2 atom stereocenters. The van der Waals surface area contributed by atoms with Crippen molar-refractivity contribution in [1.82, 2.24) is 9.80 Å². The Bertz CT molecular complexity index is 942. The zero-order valence-corrected chi connectivity index (χ0v) is 19.1. The van der Waals surface area contributed by atoms with Crippen LogP contribution in [0.15, 0.2) is 54.6 Å². The molecule has 2 saturated heterocycles. The van der Waals surface area contributed by atoms with Gasteiger partial charge in [0.2, 0.25) is 5.91 Å². The van der Waals surface area contributed by atoms with Crippen molar-refractivity contribution in [2.75, 3.05) is 37.8 Å². The Kier molecular flexibility index (Phi) is 5.72. The van der Waals surface area contributed by atoms with Gasteiger partial charge in [0.25, 0.3) is 0 Å². The number of fused-ring (bicyclic) bond motifs is 1. The van der Waals surface area contributed by atoms with Gasteiger partial charge in [-0.3, -0.25) is 9.69 Å². The number of piperidine rings is 1. The molecule has 32 heavy (non-hydrogen) atoms. The summed E-state index contributed by atoms with van der Waals surface area (Å²) in [5.74, 6) is 1.94. The molecule has 0 aromatic heterocycles. The van der Waals surface area contributed by atoms with E-state index in [0.29, 0.717) is 19.2 Å². The molecular weight excluding hydrogens is 402 g/mol. The second-order valence-electron chi connectivity index (χ2n) is 9.27. The number of rotatable bonds is 5. The van der Waals surface area contributed by atoms with Gasteiger partial charge in [-0.05, 0) is 50.5 Å². The molecule has 1 spiro atoms. The number of likely N-dealkylation sites (tertiary alicyclic amines) is 1. The van der Waals surface area contributed by atoms with Crippen molar-refractivity contribution >= 4 is 11.6 Å². The first kappa shape index (κ1) is 21.1. The number of carbonyl (C=O) groups excluding carboxylic acids is 1. The lowest BCUT2D eigenvalue weighted by Crippen LogP contribution is -2.58. The van der Waals surface area contributed by atoms with Crippen LogP contribution >= 0.6 is 0 Å². The zero-order valence-electron chi connectivity index (χ0n) is 19.1. The number of ether oxygens (including phenoxy) is 2. The quantitative estimate of drug-likeness (QED) is 0.716. The summed E-state index contributed by atoms with van der Waals surface area (Å²) < 4.78 is 12.1. The van der Waals surface area contributed by atoms with Gasteiger partial charge in [-0.1, -0.05) is 37.3 Å². The highest BCUT2D eigenvalue weighted by Gasteiger charge is 2.54. The van der Waals surface area contributed by atoms with E-state index in [1.807, 2.05) is 30.3 Å². The third-order valence-electron chi connectivity index (χ3n) is 7.37. The highest BCUT2D eigenvalue weighted by molar-refractivity contribution is 5.93. The van der Waals surface area contributed by atoms with Crippen LogP contribution in [0, 0.1) is 0 Å².